The van der Waals surface area contributed by atoms with E-state index in [0.29, 0.717) is 6.61 Å². The van der Waals surface area contributed by atoms with Crippen molar-refractivity contribution in [2.75, 3.05) is 33.4 Å². The molecule has 1 aromatic carbocycles. The van der Waals surface area contributed by atoms with Gasteiger partial charge in [-0.1, -0.05) is 12.1 Å². The van der Waals surface area contributed by atoms with Crippen LogP contribution in [0.4, 0.5) is 4.79 Å². The molecule has 7 heteroatoms. The van der Waals surface area contributed by atoms with Crippen LogP contribution in [0.25, 0.3) is 0 Å². The maximum absolute atomic E-state index is 11.8. The number of carbonyl (C=O) groups is 2. The number of rotatable bonds is 7. The molecule has 1 fully saturated rings. The summed E-state index contributed by atoms with van der Waals surface area (Å²) in [6, 6.07) is 7.65. The first kappa shape index (κ1) is 22.0. The smallest absolute Gasteiger partial charge is 0.407 e. The number of nitrogens with one attached hydrogen (secondary N) is 1. The summed E-state index contributed by atoms with van der Waals surface area (Å²) in [5.41, 5.74) is 0.429. The Labute approximate surface area is 167 Å². The van der Waals surface area contributed by atoms with E-state index < -0.39 is 5.60 Å². The first-order valence-electron chi connectivity index (χ1n) is 9.75. The van der Waals surface area contributed by atoms with Gasteiger partial charge in [-0.2, -0.15) is 0 Å². The van der Waals surface area contributed by atoms with Gasteiger partial charge in [0.1, 0.15) is 18.0 Å². The lowest BCUT2D eigenvalue weighted by Crippen LogP contribution is -2.46. The van der Waals surface area contributed by atoms with E-state index >= 15 is 0 Å². The number of piperidine rings is 1. The largest absolute Gasteiger partial charge is 0.492 e. The van der Waals surface area contributed by atoms with Gasteiger partial charge in [-0.25, -0.2) is 4.79 Å². The molecule has 0 bridgehead atoms. The number of hydrogen-bond acceptors (Lipinski definition) is 6. The lowest BCUT2D eigenvalue weighted by atomic mass is 10.1. The Hall–Kier alpha value is -2.28. The zero-order valence-electron chi connectivity index (χ0n) is 17.3. The van der Waals surface area contributed by atoms with Crippen LogP contribution in [0.3, 0.4) is 0 Å². The molecule has 1 aromatic rings. The molecule has 2 rings (SSSR count). The highest BCUT2D eigenvalue weighted by Gasteiger charge is 2.23. The lowest BCUT2D eigenvalue weighted by Gasteiger charge is -2.32. The molecule has 0 aromatic heterocycles. The second-order valence-electron chi connectivity index (χ2n) is 8.01. The number of likely N-dealkylation sites (tertiary alicyclic amines) is 1. The number of hydrogen-bond donors (Lipinski definition) is 1. The predicted octanol–water partition coefficient (Wildman–Crippen LogP) is 2.77. The highest BCUT2D eigenvalue weighted by Crippen LogP contribution is 2.15. The van der Waals surface area contributed by atoms with Crippen molar-refractivity contribution >= 4 is 12.1 Å². The van der Waals surface area contributed by atoms with E-state index in [1.54, 1.807) is 0 Å². The molecule has 0 spiro atoms. The third-order valence-electron chi connectivity index (χ3n) is 4.48. The normalized spacial score (nSPS) is 15.7. The minimum absolute atomic E-state index is 0.161. The van der Waals surface area contributed by atoms with E-state index in [-0.39, 0.29) is 24.5 Å². The van der Waals surface area contributed by atoms with Gasteiger partial charge in [0, 0.05) is 25.7 Å². The van der Waals surface area contributed by atoms with Crippen LogP contribution in [0.5, 0.6) is 5.75 Å². The van der Waals surface area contributed by atoms with Crippen molar-refractivity contribution < 1.29 is 23.8 Å². The van der Waals surface area contributed by atoms with Gasteiger partial charge in [-0.3, -0.25) is 9.69 Å². The molecule has 7 nitrogen and oxygen atoms in total. The summed E-state index contributed by atoms with van der Waals surface area (Å²) in [4.78, 5) is 25.4. The fourth-order valence-corrected chi connectivity index (χ4v) is 3.01. The average molecular weight is 392 g/mol. The maximum Gasteiger partial charge on any atom is 0.407 e. The maximum atomic E-state index is 11.8. The molecule has 0 radical (unpaired) electrons. The van der Waals surface area contributed by atoms with Crippen LogP contribution in [0, 0.1) is 0 Å². The van der Waals surface area contributed by atoms with Crippen LogP contribution in [-0.2, 0) is 20.7 Å². The minimum Gasteiger partial charge on any atom is -0.492 e. The van der Waals surface area contributed by atoms with E-state index in [1.807, 2.05) is 45.0 Å². The molecular formula is C21H32N2O5. The molecule has 0 unspecified atom stereocenters. The van der Waals surface area contributed by atoms with Crippen molar-refractivity contribution in [1.29, 1.82) is 0 Å². The van der Waals surface area contributed by atoms with E-state index in [4.69, 9.17) is 9.47 Å². The molecule has 0 saturated carbocycles. The molecule has 1 N–H and O–H groups in total. The van der Waals surface area contributed by atoms with E-state index in [0.717, 1.165) is 43.8 Å². The monoisotopic (exact) mass is 392 g/mol. The van der Waals surface area contributed by atoms with Crippen molar-refractivity contribution in [1.82, 2.24) is 10.2 Å². The zero-order chi connectivity index (χ0) is 20.6. The first-order chi connectivity index (χ1) is 13.2. The second-order valence-corrected chi connectivity index (χ2v) is 8.01. The number of methoxy groups -OCH3 is 1. The van der Waals surface area contributed by atoms with Crippen molar-refractivity contribution in [3.05, 3.63) is 29.8 Å². The van der Waals surface area contributed by atoms with Crippen molar-refractivity contribution in [2.45, 2.75) is 51.7 Å². The zero-order valence-corrected chi connectivity index (χ0v) is 17.3. The van der Waals surface area contributed by atoms with E-state index in [1.165, 1.54) is 7.11 Å². The molecule has 0 aliphatic carbocycles. The highest BCUT2D eigenvalue weighted by molar-refractivity contribution is 5.72. The number of benzene rings is 1. The van der Waals surface area contributed by atoms with Crippen LogP contribution < -0.4 is 10.1 Å². The molecule has 1 aliphatic rings. The van der Waals surface area contributed by atoms with Crippen LogP contribution in [0.2, 0.25) is 0 Å². The number of amides is 1. The summed E-state index contributed by atoms with van der Waals surface area (Å²) in [5, 5.41) is 2.95. The van der Waals surface area contributed by atoms with Gasteiger partial charge in [-0.05, 0) is 51.3 Å². The van der Waals surface area contributed by atoms with Gasteiger partial charge >= 0.3 is 12.1 Å². The summed E-state index contributed by atoms with van der Waals surface area (Å²) < 4.78 is 15.8. The Morgan fingerprint density at radius 3 is 2.36 bits per heavy atom. The molecule has 28 heavy (non-hydrogen) atoms. The van der Waals surface area contributed by atoms with Gasteiger partial charge in [0.2, 0.25) is 0 Å². The summed E-state index contributed by atoms with van der Waals surface area (Å²) in [6.45, 7) is 8.86. The second kappa shape index (κ2) is 10.3. The molecule has 1 heterocycles. The quantitative estimate of drug-likeness (QED) is 0.719. The van der Waals surface area contributed by atoms with Gasteiger partial charge < -0.3 is 19.5 Å². The van der Waals surface area contributed by atoms with Crippen LogP contribution in [0.1, 0.15) is 39.2 Å². The van der Waals surface area contributed by atoms with Gasteiger partial charge in [0.15, 0.2) is 0 Å². The van der Waals surface area contributed by atoms with Crippen LogP contribution in [-0.4, -0.2) is 62.0 Å². The number of ether oxygens (including phenoxy) is 3. The Balaban J connectivity index is 1.63. The van der Waals surface area contributed by atoms with Gasteiger partial charge in [0.05, 0.1) is 13.5 Å². The van der Waals surface area contributed by atoms with Gasteiger partial charge in [-0.15, -0.1) is 0 Å². The molecule has 1 aliphatic heterocycles. The molecule has 1 saturated heterocycles. The average Bonchev–Trinajstić information content (AvgIpc) is 2.63. The third kappa shape index (κ3) is 8.17. The van der Waals surface area contributed by atoms with E-state index in [9.17, 15) is 9.59 Å². The fraction of sp³-hybridized carbons (Fsp3) is 0.619. The number of alkyl carbamates (subject to hydrolysis) is 1. The highest BCUT2D eigenvalue weighted by atomic mass is 16.6. The van der Waals surface area contributed by atoms with Gasteiger partial charge in [0.25, 0.3) is 0 Å². The summed E-state index contributed by atoms with van der Waals surface area (Å²) in [6.07, 6.45) is 1.73. The Kier molecular flexibility index (Phi) is 8.11. The third-order valence-corrected chi connectivity index (χ3v) is 4.48. The minimum atomic E-state index is -0.473. The fourth-order valence-electron chi connectivity index (χ4n) is 3.01. The van der Waals surface area contributed by atoms with Crippen molar-refractivity contribution in [2.24, 2.45) is 0 Å². The molecular weight excluding hydrogens is 360 g/mol. The molecule has 156 valence electrons. The standard InChI is InChI=1S/C21H32N2O5/c1-21(2,3)28-20(25)22-17-9-11-23(12-10-17)13-14-27-18-7-5-16(6-8-18)15-19(24)26-4/h5-8,17H,9-15H2,1-4H3,(H,22,25). The number of carbonyl (C=O) groups excluding carboxylic acids is 2. The first-order valence-corrected chi connectivity index (χ1v) is 9.75. The SMILES string of the molecule is COC(=O)Cc1ccc(OCCN2CCC(NC(=O)OC(C)(C)C)CC2)cc1. The van der Waals surface area contributed by atoms with Crippen LogP contribution >= 0.6 is 0 Å². The Morgan fingerprint density at radius 1 is 1.14 bits per heavy atom. The topological polar surface area (TPSA) is 77.1 Å². The molecule has 0 atom stereocenters. The Morgan fingerprint density at radius 2 is 1.79 bits per heavy atom. The Bertz CT molecular complexity index is 631. The molecule has 1 amide bonds. The van der Waals surface area contributed by atoms with E-state index in [2.05, 4.69) is 15.0 Å². The number of esters is 1. The summed E-state index contributed by atoms with van der Waals surface area (Å²) in [7, 11) is 1.39. The summed E-state index contributed by atoms with van der Waals surface area (Å²) >= 11 is 0. The van der Waals surface area contributed by atoms with Crippen molar-refractivity contribution in [3.63, 3.8) is 0 Å². The lowest BCUT2D eigenvalue weighted by molar-refractivity contribution is -0.139. The van der Waals surface area contributed by atoms with Crippen LogP contribution in [0.15, 0.2) is 24.3 Å². The predicted molar refractivity (Wildman–Crippen MR) is 106 cm³/mol. The summed E-state index contributed by atoms with van der Waals surface area (Å²) in [5.74, 6) is 0.535. The number of nitrogens with zero attached hydrogens (tertiary/aromatic N) is 1. The van der Waals surface area contributed by atoms with Crippen molar-refractivity contribution in [3.8, 4) is 5.75 Å².